The summed E-state index contributed by atoms with van der Waals surface area (Å²) < 4.78 is 0.414. The molecule has 21 heavy (non-hydrogen) atoms. The molecule has 2 atom stereocenters. The fourth-order valence-corrected chi connectivity index (χ4v) is 3.29. The van der Waals surface area contributed by atoms with E-state index in [1.54, 1.807) is 12.1 Å². The van der Waals surface area contributed by atoms with Crippen molar-refractivity contribution < 1.29 is 19.5 Å². The van der Waals surface area contributed by atoms with Crippen LogP contribution in [0.2, 0.25) is 0 Å². The Morgan fingerprint density at radius 2 is 1.71 bits per heavy atom. The molecule has 3 rings (SSSR count). The van der Waals surface area contributed by atoms with Crippen molar-refractivity contribution in [3.63, 3.8) is 0 Å². The molecule has 1 saturated heterocycles. The number of rotatable bonds is 2. The van der Waals surface area contributed by atoms with Gasteiger partial charge < -0.3 is 5.11 Å². The highest BCUT2D eigenvalue weighted by atomic mass is 79.9. The maximum absolute atomic E-state index is 12.4. The fraction of sp³-hybridized carbons (Fsp3) is 0.267. The Morgan fingerprint density at radius 3 is 2.24 bits per heavy atom. The van der Waals surface area contributed by atoms with Gasteiger partial charge in [-0.1, -0.05) is 12.2 Å². The van der Waals surface area contributed by atoms with E-state index in [4.69, 9.17) is 5.11 Å². The first-order valence-corrected chi connectivity index (χ1v) is 7.35. The van der Waals surface area contributed by atoms with Crippen molar-refractivity contribution in [1.82, 2.24) is 0 Å². The first kappa shape index (κ1) is 14.0. The summed E-state index contributed by atoms with van der Waals surface area (Å²) >= 11 is 3.15. The van der Waals surface area contributed by atoms with Crippen LogP contribution in [-0.4, -0.2) is 22.9 Å². The van der Waals surface area contributed by atoms with Crippen molar-refractivity contribution in [2.24, 2.45) is 11.8 Å². The number of anilines is 1. The molecule has 5 nitrogen and oxygen atoms in total. The van der Waals surface area contributed by atoms with Crippen LogP contribution in [-0.2, 0) is 9.59 Å². The highest BCUT2D eigenvalue weighted by Gasteiger charge is 2.47. The SMILES string of the molecule is O=C(O)c1cc(N2C(=O)[C@H]3CC=CC[C@H]3C2=O)ccc1Br. The van der Waals surface area contributed by atoms with Crippen LogP contribution in [0.1, 0.15) is 23.2 Å². The quantitative estimate of drug-likeness (QED) is 0.657. The van der Waals surface area contributed by atoms with Gasteiger partial charge in [0.05, 0.1) is 23.1 Å². The summed E-state index contributed by atoms with van der Waals surface area (Å²) in [4.78, 5) is 37.2. The molecule has 0 bridgehead atoms. The van der Waals surface area contributed by atoms with Gasteiger partial charge in [0.15, 0.2) is 0 Å². The molecule has 1 aromatic rings. The van der Waals surface area contributed by atoms with Crippen LogP contribution in [0.5, 0.6) is 0 Å². The minimum Gasteiger partial charge on any atom is -0.478 e. The van der Waals surface area contributed by atoms with Gasteiger partial charge in [0.2, 0.25) is 11.8 Å². The number of aromatic carboxylic acids is 1. The highest BCUT2D eigenvalue weighted by molar-refractivity contribution is 9.10. The van der Waals surface area contributed by atoms with Crippen LogP contribution in [0, 0.1) is 11.8 Å². The molecule has 0 aromatic heterocycles. The van der Waals surface area contributed by atoms with Gasteiger partial charge in [-0.05, 0) is 47.0 Å². The molecule has 2 aliphatic rings. The van der Waals surface area contributed by atoms with Crippen molar-refractivity contribution in [1.29, 1.82) is 0 Å². The molecule has 1 aliphatic heterocycles. The lowest BCUT2D eigenvalue weighted by Crippen LogP contribution is -2.31. The Bertz CT molecular complexity index is 656. The monoisotopic (exact) mass is 349 g/mol. The van der Waals surface area contributed by atoms with E-state index in [1.165, 1.54) is 6.07 Å². The molecular weight excluding hydrogens is 338 g/mol. The Balaban J connectivity index is 2.01. The smallest absolute Gasteiger partial charge is 0.336 e. The number of hydrogen-bond acceptors (Lipinski definition) is 3. The summed E-state index contributed by atoms with van der Waals surface area (Å²) in [5, 5.41) is 9.14. The van der Waals surface area contributed by atoms with E-state index in [0.29, 0.717) is 23.0 Å². The third-order valence-electron chi connectivity index (χ3n) is 3.95. The Labute approximate surface area is 129 Å². The van der Waals surface area contributed by atoms with E-state index in [9.17, 15) is 14.4 Å². The molecule has 108 valence electrons. The lowest BCUT2D eigenvalue weighted by Gasteiger charge is -2.15. The molecule has 0 unspecified atom stereocenters. The lowest BCUT2D eigenvalue weighted by molar-refractivity contribution is -0.122. The van der Waals surface area contributed by atoms with Crippen molar-refractivity contribution >= 4 is 39.4 Å². The van der Waals surface area contributed by atoms with Crippen molar-refractivity contribution in [3.8, 4) is 0 Å². The summed E-state index contributed by atoms with van der Waals surface area (Å²) in [7, 11) is 0. The maximum atomic E-state index is 12.4. The van der Waals surface area contributed by atoms with Gasteiger partial charge in [-0.3, -0.25) is 14.5 Å². The number of carboxylic acid groups (broad SMARTS) is 1. The van der Waals surface area contributed by atoms with E-state index in [-0.39, 0.29) is 29.2 Å². The number of fused-ring (bicyclic) bond motifs is 1. The van der Waals surface area contributed by atoms with Gasteiger partial charge in [0.25, 0.3) is 0 Å². The number of carboxylic acids is 1. The molecule has 2 amide bonds. The molecule has 0 saturated carbocycles. The predicted octanol–water partition coefficient (Wildman–Crippen LogP) is 2.60. The molecule has 1 fully saturated rings. The molecule has 0 radical (unpaired) electrons. The Hall–Kier alpha value is -1.95. The second-order valence-corrected chi connectivity index (χ2v) is 5.99. The summed E-state index contributed by atoms with van der Waals surface area (Å²) in [5.41, 5.74) is 0.348. The maximum Gasteiger partial charge on any atom is 0.336 e. The Morgan fingerprint density at radius 1 is 1.14 bits per heavy atom. The van der Waals surface area contributed by atoms with Gasteiger partial charge in [0.1, 0.15) is 0 Å². The summed E-state index contributed by atoms with van der Waals surface area (Å²) in [6.45, 7) is 0. The predicted molar refractivity (Wildman–Crippen MR) is 78.9 cm³/mol. The average molecular weight is 350 g/mol. The number of halogens is 1. The Kier molecular flexibility index (Phi) is 3.41. The number of allylic oxidation sites excluding steroid dienone is 2. The number of imide groups is 1. The number of benzene rings is 1. The second kappa shape index (κ2) is 5.11. The molecule has 0 spiro atoms. The zero-order valence-corrected chi connectivity index (χ0v) is 12.5. The van der Waals surface area contributed by atoms with Gasteiger partial charge in [-0.2, -0.15) is 0 Å². The van der Waals surface area contributed by atoms with Crippen LogP contribution in [0.3, 0.4) is 0 Å². The van der Waals surface area contributed by atoms with Crippen LogP contribution < -0.4 is 4.90 Å². The molecule has 6 heteroatoms. The van der Waals surface area contributed by atoms with Gasteiger partial charge >= 0.3 is 5.97 Å². The summed E-state index contributed by atoms with van der Waals surface area (Å²) in [6.07, 6.45) is 4.96. The first-order valence-electron chi connectivity index (χ1n) is 6.56. The fourth-order valence-electron chi connectivity index (χ4n) is 2.87. The van der Waals surface area contributed by atoms with Crippen LogP contribution in [0.4, 0.5) is 5.69 Å². The summed E-state index contributed by atoms with van der Waals surface area (Å²) in [5.74, 6) is -2.23. The molecule has 1 heterocycles. The third-order valence-corrected chi connectivity index (χ3v) is 4.64. The largest absolute Gasteiger partial charge is 0.478 e. The zero-order chi connectivity index (χ0) is 15.1. The molecule has 1 aromatic carbocycles. The van der Waals surface area contributed by atoms with E-state index in [1.807, 2.05) is 12.2 Å². The van der Waals surface area contributed by atoms with Crippen molar-refractivity contribution in [2.75, 3.05) is 4.90 Å². The van der Waals surface area contributed by atoms with Gasteiger partial charge in [-0.15, -0.1) is 0 Å². The number of hydrogen-bond donors (Lipinski definition) is 1. The number of amides is 2. The van der Waals surface area contributed by atoms with Crippen LogP contribution in [0.25, 0.3) is 0 Å². The van der Waals surface area contributed by atoms with Crippen LogP contribution >= 0.6 is 15.9 Å². The molecule has 1 aliphatic carbocycles. The van der Waals surface area contributed by atoms with Crippen molar-refractivity contribution in [2.45, 2.75) is 12.8 Å². The molecule has 1 N–H and O–H groups in total. The normalized spacial score (nSPS) is 24.3. The number of nitrogens with zero attached hydrogens (tertiary/aromatic N) is 1. The van der Waals surface area contributed by atoms with Gasteiger partial charge in [0, 0.05) is 4.47 Å². The average Bonchev–Trinajstić information content (AvgIpc) is 2.72. The zero-order valence-electron chi connectivity index (χ0n) is 11.0. The first-order chi connectivity index (χ1) is 10.0. The van der Waals surface area contributed by atoms with E-state index in [2.05, 4.69) is 15.9 Å². The second-order valence-electron chi connectivity index (χ2n) is 5.14. The topological polar surface area (TPSA) is 74.7 Å². The highest BCUT2D eigenvalue weighted by Crippen LogP contribution is 2.38. The van der Waals surface area contributed by atoms with E-state index < -0.39 is 5.97 Å². The van der Waals surface area contributed by atoms with Gasteiger partial charge in [-0.25, -0.2) is 4.79 Å². The number of carbonyl (C=O) groups is 3. The third kappa shape index (κ3) is 2.19. The minimum atomic E-state index is -1.11. The minimum absolute atomic E-state index is 0.0288. The van der Waals surface area contributed by atoms with Crippen LogP contribution in [0.15, 0.2) is 34.8 Å². The standard InChI is InChI=1S/C15H12BrNO4/c16-12-6-5-8(7-11(12)15(20)21)17-13(18)9-3-1-2-4-10(9)14(17)19/h1-2,5-7,9-10H,3-4H2,(H,20,21)/t9-,10+. The molecular formula is C15H12BrNO4. The number of carbonyl (C=O) groups excluding carboxylic acids is 2. The summed E-state index contributed by atoms with van der Waals surface area (Å²) in [6, 6.07) is 4.48. The van der Waals surface area contributed by atoms with E-state index >= 15 is 0 Å². The van der Waals surface area contributed by atoms with E-state index in [0.717, 1.165) is 4.90 Å². The lowest BCUT2D eigenvalue weighted by atomic mass is 9.85. The van der Waals surface area contributed by atoms with Crippen molar-refractivity contribution in [3.05, 3.63) is 40.4 Å².